The summed E-state index contributed by atoms with van der Waals surface area (Å²) < 4.78 is 1.32. The topological polar surface area (TPSA) is 76.9 Å². The van der Waals surface area contributed by atoms with Gasteiger partial charge in [0.1, 0.15) is 11.5 Å². The lowest BCUT2D eigenvalue weighted by atomic mass is 10.3. The minimum Gasteiger partial charge on any atom is -0.305 e. The molecule has 0 radical (unpaired) electrons. The zero-order valence-corrected chi connectivity index (χ0v) is 12.2. The maximum Gasteiger partial charge on any atom is 0.277 e. The first-order valence-corrected chi connectivity index (χ1v) is 6.93. The van der Waals surface area contributed by atoms with Crippen molar-refractivity contribution in [2.45, 2.75) is 33.2 Å². The molecule has 0 unspecified atom stereocenters. The Morgan fingerprint density at radius 2 is 2.14 bits per heavy atom. The fourth-order valence-corrected chi connectivity index (χ4v) is 1.83. The lowest BCUT2D eigenvalue weighted by molar-refractivity contribution is 0.101. The molecule has 2 rings (SSSR count). The van der Waals surface area contributed by atoms with Gasteiger partial charge in [-0.2, -0.15) is 5.10 Å². The molecule has 6 nitrogen and oxygen atoms in total. The first kappa shape index (κ1) is 14.9. The second kappa shape index (κ2) is 6.78. The average Bonchev–Trinajstić information content (AvgIpc) is 2.48. The molecule has 0 spiro atoms. The monoisotopic (exact) mass is 286 g/mol. The largest absolute Gasteiger partial charge is 0.305 e. The fourth-order valence-electron chi connectivity index (χ4n) is 1.83. The number of nitrogens with one attached hydrogen (secondary N) is 1. The lowest BCUT2D eigenvalue weighted by Gasteiger charge is -2.08. The second-order valence-corrected chi connectivity index (χ2v) is 4.76. The maximum absolute atomic E-state index is 12.2. The van der Waals surface area contributed by atoms with Gasteiger partial charge in [-0.05, 0) is 31.0 Å². The summed E-state index contributed by atoms with van der Waals surface area (Å²) in [6, 6.07) is 6.45. The third kappa shape index (κ3) is 3.75. The van der Waals surface area contributed by atoms with Crippen LogP contribution in [0.5, 0.6) is 0 Å². The Labute approximate surface area is 122 Å². The third-order valence-electron chi connectivity index (χ3n) is 3.06. The number of nitrogens with zero attached hydrogens (tertiary/aromatic N) is 3. The average molecular weight is 286 g/mol. The Morgan fingerprint density at radius 3 is 2.86 bits per heavy atom. The van der Waals surface area contributed by atoms with Crippen LogP contribution in [0.1, 0.15) is 35.8 Å². The van der Waals surface area contributed by atoms with Crippen LogP contribution in [-0.2, 0) is 6.54 Å². The molecule has 1 N–H and O–H groups in total. The Kier molecular flexibility index (Phi) is 4.81. The van der Waals surface area contributed by atoms with Gasteiger partial charge in [-0.1, -0.05) is 19.4 Å². The molecule has 2 aromatic rings. The van der Waals surface area contributed by atoms with Crippen molar-refractivity contribution in [3.05, 3.63) is 52.1 Å². The SMILES string of the molecule is CCCCn1nc(C(=O)Nc2ncccc2C)ccc1=O. The molecule has 2 heterocycles. The summed E-state index contributed by atoms with van der Waals surface area (Å²) in [7, 11) is 0. The van der Waals surface area contributed by atoms with Crippen LogP contribution in [0, 0.1) is 6.92 Å². The molecule has 0 aliphatic carbocycles. The molecule has 6 heteroatoms. The summed E-state index contributed by atoms with van der Waals surface area (Å²) in [6.45, 7) is 4.41. The maximum atomic E-state index is 12.2. The summed E-state index contributed by atoms with van der Waals surface area (Å²) in [6.07, 6.45) is 3.41. The molecule has 0 atom stereocenters. The number of aromatic nitrogens is 3. The van der Waals surface area contributed by atoms with Crippen molar-refractivity contribution in [3.63, 3.8) is 0 Å². The minimum absolute atomic E-state index is 0.200. The predicted octanol–water partition coefficient (Wildman–Crippen LogP) is 2.00. The predicted molar refractivity (Wildman–Crippen MR) is 80.3 cm³/mol. The van der Waals surface area contributed by atoms with E-state index in [0.29, 0.717) is 12.4 Å². The van der Waals surface area contributed by atoms with Gasteiger partial charge >= 0.3 is 0 Å². The summed E-state index contributed by atoms with van der Waals surface area (Å²) in [5.41, 5.74) is 0.870. The standard InChI is InChI=1S/C15H18N4O2/c1-3-4-10-19-13(20)8-7-12(18-19)15(21)17-14-11(2)6-5-9-16-14/h5-9H,3-4,10H2,1-2H3,(H,16,17,21). The Morgan fingerprint density at radius 1 is 1.33 bits per heavy atom. The quantitative estimate of drug-likeness (QED) is 0.912. The van der Waals surface area contributed by atoms with E-state index in [1.54, 1.807) is 12.3 Å². The molecule has 0 saturated heterocycles. The van der Waals surface area contributed by atoms with Crippen molar-refractivity contribution in [1.29, 1.82) is 0 Å². The van der Waals surface area contributed by atoms with E-state index in [-0.39, 0.29) is 17.2 Å². The Hall–Kier alpha value is -2.50. The van der Waals surface area contributed by atoms with E-state index < -0.39 is 0 Å². The van der Waals surface area contributed by atoms with Crippen LogP contribution in [-0.4, -0.2) is 20.7 Å². The number of amides is 1. The smallest absolute Gasteiger partial charge is 0.277 e. The molecule has 2 aromatic heterocycles. The molecular weight excluding hydrogens is 268 g/mol. The molecule has 1 amide bonds. The summed E-state index contributed by atoms with van der Waals surface area (Å²) in [4.78, 5) is 27.9. The van der Waals surface area contributed by atoms with Crippen LogP contribution in [0.25, 0.3) is 0 Å². The van der Waals surface area contributed by atoms with Crippen LogP contribution in [0.3, 0.4) is 0 Å². The van der Waals surface area contributed by atoms with Crippen LogP contribution >= 0.6 is 0 Å². The van der Waals surface area contributed by atoms with E-state index in [9.17, 15) is 9.59 Å². The van der Waals surface area contributed by atoms with Crippen LogP contribution in [0.2, 0.25) is 0 Å². The highest BCUT2D eigenvalue weighted by atomic mass is 16.2. The van der Waals surface area contributed by atoms with E-state index in [1.807, 2.05) is 19.9 Å². The summed E-state index contributed by atoms with van der Waals surface area (Å²) in [5.74, 6) is 0.123. The first-order valence-electron chi connectivity index (χ1n) is 6.93. The number of hydrogen-bond donors (Lipinski definition) is 1. The summed E-state index contributed by atoms with van der Waals surface area (Å²) in [5, 5.41) is 6.80. The first-order chi connectivity index (χ1) is 10.1. The van der Waals surface area contributed by atoms with E-state index in [2.05, 4.69) is 15.4 Å². The molecule has 0 fully saturated rings. The van der Waals surface area contributed by atoms with Gasteiger partial charge in [0.25, 0.3) is 11.5 Å². The van der Waals surface area contributed by atoms with Gasteiger partial charge in [0, 0.05) is 18.8 Å². The molecule has 0 saturated carbocycles. The van der Waals surface area contributed by atoms with Gasteiger partial charge < -0.3 is 5.32 Å². The van der Waals surface area contributed by atoms with Crippen LogP contribution < -0.4 is 10.9 Å². The van der Waals surface area contributed by atoms with Gasteiger partial charge in [0.05, 0.1) is 0 Å². The zero-order valence-electron chi connectivity index (χ0n) is 12.2. The molecule has 110 valence electrons. The van der Waals surface area contributed by atoms with Crippen LogP contribution in [0.4, 0.5) is 5.82 Å². The normalized spacial score (nSPS) is 10.4. The molecule has 0 aliphatic rings. The Bertz CT molecular complexity index is 694. The van der Waals surface area contributed by atoms with Gasteiger partial charge in [0.2, 0.25) is 0 Å². The second-order valence-electron chi connectivity index (χ2n) is 4.76. The number of anilines is 1. The molecule has 21 heavy (non-hydrogen) atoms. The highest BCUT2D eigenvalue weighted by Crippen LogP contribution is 2.10. The van der Waals surface area contributed by atoms with Crippen molar-refractivity contribution >= 4 is 11.7 Å². The van der Waals surface area contributed by atoms with E-state index >= 15 is 0 Å². The number of carbonyl (C=O) groups is 1. The molecule has 0 aromatic carbocycles. The number of pyridine rings is 1. The highest BCUT2D eigenvalue weighted by Gasteiger charge is 2.11. The minimum atomic E-state index is -0.373. The van der Waals surface area contributed by atoms with Crippen LogP contribution in [0.15, 0.2) is 35.3 Å². The van der Waals surface area contributed by atoms with Gasteiger partial charge in [-0.25, -0.2) is 9.67 Å². The van der Waals surface area contributed by atoms with E-state index in [4.69, 9.17) is 0 Å². The van der Waals surface area contributed by atoms with E-state index in [0.717, 1.165) is 18.4 Å². The molecule has 0 bridgehead atoms. The third-order valence-corrected chi connectivity index (χ3v) is 3.06. The highest BCUT2D eigenvalue weighted by molar-refractivity contribution is 6.02. The van der Waals surface area contributed by atoms with Crippen molar-refractivity contribution in [2.75, 3.05) is 5.32 Å². The van der Waals surface area contributed by atoms with Crippen molar-refractivity contribution in [3.8, 4) is 0 Å². The van der Waals surface area contributed by atoms with Crippen molar-refractivity contribution in [1.82, 2.24) is 14.8 Å². The number of hydrogen-bond acceptors (Lipinski definition) is 4. The lowest BCUT2D eigenvalue weighted by Crippen LogP contribution is -2.26. The van der Waals surface area contributed by atoms with Crippen molar-refractivity contribution < 1.29 is 4.79 Å². The van der Waals surface area contributed by atoms with E-state index in [1.165, 1.54) is 16.8 Å². The van der Waals surface area contributed by atoms with Crippen molar-refractivity contribution in [2.24, 2.45) is 0 Å². The number of unbranched alkanes of at least 4 members (excludes halogenated alkanes) is 1. The fraction of sp³-hybridized carbons (Fsp3) is 0.333. The summed E-state index contributed by atoms with van der Waals surface area (Å²) >= 11 is 0. The van der Waals surface area contributed by atoms with Gasteiger partial charge in [-0.3, -0.25) is 9.59 Å². The number of rotatable bonds is 5. The Balaban J connectivity index is 2.19. The zero-order chi connectivity index (χ0) is 15.2. The molecule has 0 aliphatic heterocycles. The van der Waals surface area contributed by atoms with Gasteiger partial charge in [-0.15, -0.1) is 0 Å². The number of aryl methyl sites for hydroxylation is 2. The number of carbonyl (C=O) groups excluding carboxylic acids is 1. The molecular formula is C15H18N4O2. The van der Waals surface area contributed by atoms with Gasteiger partial charge in [0.15, 0.2) is 0 Å².